The Kier molecular flexibility index (Phi) is 4.99. The molecule has 0 atom stereocenters. The second-order valence-electron chi connectivity index (χ2n) is 4.20. The average Bonchev–Trinajstić information content (AvgIpc) is 2.35. The van der Waals surface area contributed by atoms with Crippen molar-refractivity contribution >= 4 is 38.6 Å². The first-order valence-electron chi connectivity index (χ1n) is 5.53. The van der Waals surface area contributed by atoms with Gasteiger partial charge >= 0.3 is 0 Å². The summed E-state index contributed by atoms with van der Waals surface area (Å²) in [5, 5.41) is 8.52. The lowest BCUT2D eigenvalue weighted by atomic mass is 10.2. The number of benzene rings is 1. The summed E-state index contributed by atoms with van der Waals surface area (Å²) < 4.78 is 63.8. The molecule has 0 bridgehead atoms. The van der Waals surface area contributed by atoms with Crippen molar-refractivity contribution in [3.8, 4) is 0 Å². The standard InChI is InChI=1S/C11H14N2O7S2/c1-6-2-3-8(12)11(22(18,19)20)7(6)4-10(9(13)5-14)21(15,16)17/h2-4,14H,1,5,12-13H2,(H,15,16,17)(H,18,19,20)/b7-4+,10-9-. The van der Waals surface area contributed by atoms with Crippen LogP contribution in [-0.2, 0) is 20.2 Å². The minimum atomic E-state index is -4.87. The monoisotopic (exact) mass is 350 g/mol. The Hall–Kier alpha value is -1.92. The van der Waals surface area contributed by atoms with Crippen molar-refractivity contribution in [2.45, 2.75) is 4.90 Å². The zero-order valence-corrected chi connectivity index (χ0v) is 12.7. The van der Waals surface area contributed by atoms with E-state index in [2.05, 4.69) is 6.58 Å². The van der Waals surface area contributed by atoms with Gasteiger partial charge in [0.25, 0.3) is 20.2 Å². The first-order chi connectivity index (χ1) is 9.89. The molecule has 0 aliphatic carbocycles. The second-order valence-corrected chi connectivity index (χ2v) is 6.95. The summed E-state index contributed by atoms with van der Waals surface area (Å²) in [5.74, 6) is 0. The molecule has 11 heteroatoms. The zero-order valence-electron chi connectivity index (χ0n) is 11.1. The summed E-state index contributed by atoms with van der Waals surface area (Å²) in [6.45, 7) is 2.58. The van der Waals surface area contributed by atoms with Gasteiger partial charge in [-0.1, -0.05) is 12.6 Å². The topological polar surface area (TPSA) is 181 Å². The maximum Gasteiger partial charge on any atom is 0.297 e. The van der Waals surface area contributed by atoms with Crippen molar-refractivity contribution in [2.24, 2.45) is 5.73 Å². The number of nitrogen functional groups attached to an aromatic ring is 1. The normalized spacial score (nSPS) is 14.8. The Bertz CT molecular complexity index is 947. The molecule has 0 amide bonds. The average molecular weight is 350 g/mol. The summed E-state index contributed by atoms with van der Waals surface area (Å²) >= 11 is 0. The van der Waals surface area contributed by atoms with Gasteiger partial charge in [0.05, 0.1) is 18.0 Å². The van der Waals surface area contributed by atoms with Crippen LogP contribution in [0.5, 0.6) is 0 Å². The van der Waals surface area contributed by atoms with E-state index in [1.165, 1.54) is 6.07 Å². The van der Waals surface area contributed by atoms with Crippen molar-refractivity contribution < 1.29 is 31.0 Å². The predicted molar refractivity (Wildman–Crippen MR) is 79.8 cm³/mol. The summed E-state index contributed by atoms with van der Waals surface area (Å²) in [6.07, 6.45) is 0.655. The quantitative estimate of drug-likeness (QED) is 0.296. The summed E-state index contributed by atoms with van der Waals surface area (Å²) in [7, 11) is -9.68. The number of rotatable bonds is 4. The molecule has 0 fully saturated rings. The van der Waals surface area contributed by atoms with Crippen molar-refractivity contribution in [3.05, 3.63) is 33.2 Å². The Morgan fingerprint density at radius 1 is 1.23 bits per heavy atom. The van der Waals surface area contributed by atoms with Crippen molar-refractivity contribution in [1.82, 2.24) is 0 Å². The molecule has 1 rings (SSSR count). The SMILES string of the molecule is C=c1ccc(N)c(S(=O)(=O)O)/c1=C/C(=C(/N)CO)S(=O)(=O)O. The van der Waals surface area contributed by atoms with E-state index in [1.807, 2.05) is 0 Å². The third-order valence-electron chi connectivity index (χ3n) is 2.61. The van der Waals surface area contributed by atoms with Crippen LogP contribution in [0.25, 0.3) is 12.7 Å². The molecular weight excluding hydrogens is 336 g/mol. The van der Waals surface area contributed by atoms with Gasteiger partial charge in [0.1, 0.15) is 9.80 Å². The summed E-state index contributed by atoms with van der Waals surface area (Å²) in [6, 6.07) is 2.42. The van der Waals surface area contributed by atoms with Crippen LogP contribution in [0.3, 0.4) is 0 Å². The van der Waals surface area contributed by atoms with E-state index in [0.29, 0.717) is 6.08 Å². The number of aliphatic hydroxyl groups is 1. The first kappa shape index (κ1) is 18.1. The van der Waals surface area contributed by atoms with Crippen LogP contribution in [0.15, 0.2) is 27.6 Å². The molecule has 0 spiro atoms. The lowest BCUT2D eigenvalue weighted by molar-refractivity contribution is 0.329. The number of hydrogen-bond donors (Lipinski definition) is 5. The molecule has 122 valence electrons. The molecule has 1 aromatic carbocycles. The molecule has 22 heavy (non-hydrogen) atoms. The molecule has 0 saturated carbocycles. The molecular formula is C11H14N2O7S2. The summed E-state index contributed by atoms with van der Waals surface area (Å²) in [5.41, 5.74) is 9.77. The van der Waals surface area contributed by atoms with Gasteiger partial charge in [-0.15, -0.1) is 0 Å². The van der Waals surface area contributed by atoms with Crippen LogP contribution in [-0.4, -0.2) is 37.7 Å². The predicted octanol–water partition coefficient (Wildman–Crippen LogP) is -2.24. The molecule has 0 radical (unpaired) electrons. The molecule has 0 aromatic heterocycles. The van der Waals surface area contributed by atoms with E-state index in [9.17, 15) is 21.4 Å². The van der Waals surface area contributed by atoms with Crippen LogP contribution < -0.4 is 21.9 Å². The third-order valence-corrected chi connectivity index (χ3v) is 4.52. The fraction of sp³-hybridized carbons (Fsp3) is 0.0909. The van der Waals surface area contributed by atoms with Crippen LogP contribution in [0.2, 0.25) is 0 Å². The van der Waals surface area contributed by atoms with Crippen molar-refractivity contribution in [2.75, 3.05) is 12.3 Å². The molecule has 1 aromatic rings. The van der Waals surface area contributed by atoms with Gasteiger partial charge in [-0.3, -0.25) is 9.11 Å². The van der Waals surface area contributed by atoms with E-state index >= 15 is 0 Å². The lowest BCUT2D eigenvalue weighted by Crippen LogP contribution is -2.31. The van der Waals surface area contributed by atoms with Gasteiger partial charge < -0.3 is 16.6 Å². The number of nitrogens with two attached hydrogens (primary N) is 2. The highest BCUT2D eigenvalue weighted by Gasteiger charge is 2.20. The smallest absolute Gasteiger partial charge is 0.297 e. The zero-order chi connectivity index (χ0) is 17.3. The molecule has 7 N–H and O–H groups in total. The first-order valence-corrected chi connectivity index (χ1v) is 8.41. The van der Waals surface area contributed by atoms with Crippen molar-refractivity contribution in [3.63, 3.8) is 0 Å². The number of aliphatic hydroxyl groups excluding tert-OH is 1. The Balaban J connectivity index is 4.08. The van der Waals surface area contributed by atoms with E-state index in [1.54, 1.807) is 0 Å². The second kappa shape index (κ2) is 6.06. The molecule has 0 heterocycles. The van der Waals surface area contributed by atoms with Gasteiger partial charge in [-0.2, -0.15) is 16.8 Å². The maximum atomic E-state index is 11.4. The molecule has 0 unspecified atom stereocenters. The Morgan fingerprint density at radius 3 is 2.18 bits per heavy atom. The summed E-state index contributed by atoms with van der Waals surface area (Å²) in [4.78, 5) is -1.72. The van der Waals surface area contributed by atoms with Gasteiger partial charge in [-0.05, 0) is 17.4 Å². The Morgan fingerprint density at radius 2 is 1.77 bits per heavy atom. The van der Waals surface area contributed by atoms with Crippen LogP contribution in [0.4, 0.5) is 5.69 Å². The van der Waals surface area contributed by atoms with E-state index in [0.717, 1.165) is 6.07 Å². The molecule has 0 aliphatic heterocycles. The van der Waals surface area contributed by atoms with Crippen LogP contribution in [0, 0.1) is 0 Å². The fourth-order valence-electron chi connectivity index (χ4n) is 1.65. The van der Waals surface area contributed by atoms with Crippen molar-refractivity contribution in [1.29, 1.82) is 0 Å². The van der Waals surface area contributed by atoms with Gasteiger partial charge in [0.2, 0.25) is 0 Å². The van der Waals surface area contributed by atoms with E-state index in [4.69, 9.17) is 21.1 Å². The minimum absolute atomic E-state index is 0.00582. The third kappa shape index (κ3) is 3.84. The maximum absolute atomic E-state index is 11.4. The van der Waals surface area contributed by atoms with Crippen LogP contribution in [0.1, 0.15) is 0 Å². The highest BCUT2D eigenvalue weighted by atomic mass is 32.2. The lowest BCUT2D eigenvalue weighted by Gasteiger charge is -2.06. The molecule has 0 saturated heterocycles. The highest BCUT2D eigenvalue weighted by Crippen LogP contribution is 2.14. The minimum Gasteiger partial charge on any atom is -0.399 e. The molecule has 0 aliphatic rings. The van der Waals surface area contributed by atoms with Gasteiger partial charge in [-0.25, -0.2) is 0 Å². The highest BCUT2D eigenvalue weighted by molar-refractivity contribution is 7.90. The fourth-order valence-corrected chi connectivity index (χ4v) is 3.14. The number of allylic oxidation sites excluding steroid dienone is 1. The van der Waals surface area contributed by atoms with E-state index in [-0.39, 0.29) is 16.1 Å². The number of anilines is 1. The largest absolute Gasteiger partial charge is 0.399 e. The Labute approximate surface area is 126 Å². The molecule has 9 nitrogen and oxygen atoms in total. The van der Waals surface area contributed by atoms with E-state index < -0.39 is 42.3 Å². The van der Waals surface area contributed by atoms with Crippen LogP contribution >= 0.6 is 0 Å². The number of hydrogen-bond acceptors (Lipinski definition) is 7. The van der Waals surface area contributed by atoms with Gasteiger partial charge in [0.15, 0.2) is 0 Å². The van der Waals surface area contributed by atoms with Gasteiger partial charge in [0, 0.05) is 5.22 Å².